The number of rotatable bonds is 6. The maximum absolute atomic E-state index is 8.78. The van der Waals surface area contributed by atoms with Gasteiger partial charge in [-0.3, -0.25) is 0 Å². The summed E-state index contributed by atoms with van der Waals surface area (Å²) in [5, 5.41) is 17.6. The van der Waals surface area contributed by atoms with Crippen molar-refractivity contribution in [2.75, 3.05) is 7.11 Å². The first-order chi connectivity index (χ1) is 7.67. The average Bonchev–Trinajstić information content (AvgIpc) is 2.27. The summed E-state index contributed by atoms with van der Waals surface area (Å²) in [6.45, 7) is 2.10. The molecule has 0 fully saturated rings. The molecule has 0 radical (unpaired) electrons. The monoisotopic (exact) mass is 224 g/mol. The Kier molecular flexibility index (Phi) is 5.15. The number of unbranched alkanes of at least 4 members (excludes halogenated alkanes) is 1. The molecule has 0 saturated heterocycles. The zero-order chi connectivity index (χ0) is 12.0. The molecule has 1 rings (SSSR count). The normalized spacial score (nSPS) is 10.0. The molecule has 0 bridgehead atoms. The molecule has 0 aromatic heterocycles. The SMILES string of the molecule is CCCCc1cc(OC)ccc1OB(O)O. The largest absolute Gasteiger partial charge is 0.707 e. The van der Waals surface area contributed by atoms with Crippen LogP contribution in [-0.4, -0.2) is 24.5 Å². The lowest BCUT2D eigenvalue weighted by atomic mass is 10.1. The van der Waals surface area contributed by atoms with E-state index >= 15 is 0 Å². The van der Waals surface area contributed by atoms with Gasteiger partial charge in [-0.15, -0.1) is 0 Å². The number of methoxy groups -OCH3 is 1. The number of ether oxygens (including phenoxy) is 1. The molecule has 5 heteroatoms. The zero-order valence-electron chi connectivity index (χ0n) is 9.64. The predicted molar refractivity (Wildman–Crippen MR) is 62.4 cm³/mol. The van der Waals surface area contributed by atoms with Gasteiger partial charge in [0.15, 0.2) is 0 Å². The van der Waals surface area contributed by atoms with Gasteiger partial charge < -0.3 is 19.4 Å². The summed E-state index contributed by atoms with van der Waals surface area (Å²) in [7, 11) is -0.186. The van der Waals surface area contributed by atoms with Gasteiger partial charge in [-0.2, -0.15) is 0 Å². The van der Waals surface area contributed by atoms with Crippen molar-refractivity contribution in [3.63, 3.8) is 0 Å². The molecule has 1 aromatic rings. The van der Waals surface area contributed by atoms with Crippen molar-refractivity contribution in [2.24, 2.45) is 0 Å². The molecule has 0 aliphatic heterocycles. The fraction of sp³-hybridized carbons (Fsp3) is 0.455. The van der Waals surface area contributed by atoms with Crippen LogP contribution in [-0.2, 0) is 6.42 Å². The third-order valence-electron chi connectivity index (χ3n) is 2.30. The first kappa shape index (κ1) is 12.9. The molecule has 2 N–H and O–H groups in total. The first-order valence-electron chi connectivity index (χ1n) is 5.37. The van der Waals surface area contributed by atoms with Crippen LogP contribution in [0.25, 0.3) is 0 Å². The van der Waals surface area contributed by atoms with Crippen molar-refractivity contribution in [3.8, 4) is 11.5 Å². The van der Waals surface area contributed by atoms with Crippen LogP contribution in [0.5, 0.6) is 11.5 Å². The molecule has 1 aromatic carbocycles. The van der Waals surface area contributed by atoms with Crippen LogP contribution in [0.1, 0.15) is 25.3 Å². The average molecular weight is 224 g/mol. The molecule has 0 heterocycles. The molecule has 0 aliphatic carbocycles. The molecule has 16 heavy (non-hydrogen) atoms. The minimum Gasteiger partial charge on any atom is -0.512 e. The maximum Gasteiger partial charge on any atom is 0.707 e. The highest BCUT2D eigenvalue weighted by atomic mass is 16.6. The number of hydrogen-bond donors (Lipinski definition) is 2. The van der Waals surface area contributed by atoms with Crippen molar-refractivity contribution in [1.82, 2.24) is 0 Å². The number of aryl methyl sites for hydroxylation is 1. The van der Waals surface area contributed by atoms with Gasteiger partial charge in [0.25, 0.3) is 0 Å². The highest BCUT2D eigenvalue weighted by molar-refractivity contribution is 6.33. The van der Waals surface area contributed by atoms with Gasteiger partial charge in [0, 0.05) is 0 Å². The molecule has 0 unspecified atom stereocenters. The highest BCUT2D eigenvalue weighted by Gasteiger charge is 2.14. The Morgan fingerprint density at radius 3 is 2.62 bits per heavy atom. The van der Waals surface area contributed by atoms with E-state index in [1.807, 2.05) is 6.07 Å². The predicted octanol–water partition coefficient (Wildman–Crippen LogP) is 1.39. The second-order valence-corrected chi connectivity index (χ2v) is 3.52. The van der Waals surface area contributed by atoms with Crippen molar-refractivity contribution >= 4 is 7.32 Å². The van der Waals surface area contributed by atoms with E-state index in [-0.39, 0.29) is 0 Å². The summed E-state index contributed by atoms with van der Waals surface area (Å²) in [6.07, 6.45) is 2.92. The smallest absolute Gasteiger partial charge is 0.512 e. The molecule has 4 nitrogen and oxygen atoms in total. The summed E-state index contributed by atoms with van der Waals surface area (Å²) >= 11 is 0. The third-order valence-corrected chi connectivity index (χ3v) is 2.30. The Hall–Kier alpha value is -1.20. The summed E-state index contributed by atoms with van der Waals surface area (Å²) in [5.74, 6) is 1.23. The Bertz CT molecular complexity index is 328. The van der Waals surface area contributed by atoms with Crippen molar-refractivity contribution < 1.29 is 19.4 Å². The molecule has 0 spiro atoms. The van der Waals surface area contributed by atoms with E-state index in [9.17, 15) is 0 Å². The van der Waals surface area contributed by atoms with E-state index in [4.69, 9.17) is 19.4 Å². The molecule has 0 aliphatic rings. The van der Waals surface area contributed by atoms with Gasteiger partial charge in [-0.1, -0.05) is 13.3 Å². The van der Waals surface area contributed by atoms with E-state index < -0.39 is 7.32 Å². The van der Waals surface area contributed by atoms with Gasteiger partial charge in [-0.05, 0) is 36.6 Å². The summed E-state index contributed by atoms with van der Waals surface area (Å²) < 4.78 is 10.0. The molecule has 88 valence electrons. The zero-order valence-corrected chi connectivity index (χ0v) is 9.64. The van der Waals surface area contributed by atoms with Gasteiger partial charge in [0.05, 0.1) is 7.11 Å². The number of hydrogen-bond acceptors (Lipinski definition) is 4. The fourth-order valence-electron chi connectivity index (χ4n) is 1.47. The Balaban J connectivity index is 2.87. The second-order valence-electron chi connectivity index (χ2n) is 3.52. The van der Waals surface area contributed by atoms with Gasteiger partial charge in [0.1, 0.15) is 11.5 Å². The quantitative estimate of drug-likeness (QED) is 0.716. The molecule has 0 saturated carbocycles. The second kappa shape index (κ2) is 6.40. The Labute approximate surface area is 96.0 Å². The van der Waals surface area contributed by atoms with Crippen LogP contribution in [0, 0.1) is 0 Å². The highest BCUT2D eigenvalue weighted by Crippen LogP contribution is 2.25. The van der Waals surface area contributed by atoms with E-state index in [0.29, 0.717) is 5.75 Å². The standard InChI is InChI=1S/C11H17BO4/c1-3-4-5-9-8-10(15-2)6-7-11(9)16-12(13)14/h6-8,13-14H,3-5H2,1-2H3. The minimum absolute atomic E-state index is 0.490. The molecular weight excluding hydrogens is 207 g/mol. The van der Waals surface area contributed by atoms with Crippen LogP contribution in [0.4, 0.5) is 0 Å². The summed E-state index contributed by atoms with van der Waals surface area (Å²) in [6, 6.07) is 5.27. The van der Waals surface area contributed by atoms with Gasteiger partial charge in [0.2, 0.25) is 0 Å². The van der Waals surface area contributed by atoms with Crippen molar-refractivity contribution in [3.05, 3.63) is 23.8 Å². The van der Waals surface area contributed by atoms with Crippen LogP contribution in [0.15, 0.2) is 18.2 Å². The lowest BCUT2D eigenvalue weighted by Crippen LogP contribution is -2.21. The van der Waals surface area contributed by atoms with Crippen molar-refractivity contribution in [2.45, 2.75) is 26.2 Å². The van der Waals surface area contributed by atoms with Crippen molar-refractivity contribution in [1.29, 1.82) is 0 Å². The van der Waals surface area contributed by atoms with Crippen LogP contribution in [0.3, 0.4) is 0 Å². The maximum atomic E-state index is 8.78. The van der Waals surface area contributed by atoms with Crippen LogP contribution in [0.2, 0.25) is 0 Å². The number of benzene rings is 1. The summed E-state index contributed by atoms with van der Waals surface area (Å²) in [5.41, 5.74) is 0.925. The Morgan fingerprint density at radius 2 is 2.06 bits per heavy atom. The first-order valence-corrected chi connectivity index (χ1v) is 5.37. The fourth-order valence-corrected chi connectivity index (χ4v) is 1.47. The molecule has 0 atom stereocenters. The lowest BCUT2D eigenvalue weighted by molar-refractivity contribution is 0.286. The van der Waals surface area contributed by atoms with E-state index in [1.165, 1.54) is 0 Å². The topological polar surface area (TPSA) is 58.9 Å². The van der Waals surface area contributed by atoms with E-state index in [0.717, 1.165) is 30.6 Å². The van der Waals surface area contributed by atoms with Crippen LogP contribution < -0.4 is 9.39 Å². The van der Waals surface area contributed by atoms with Crippen LogP contribution >= 0.6 is 0 Å². The molecular formula is C11H17BO4. The molecule has 0 amide bonds. The third kappa shape index (κ3) is 3.75. The van der Waals surface area contributed by atoms with Gasteiger partial charge >= 0.3 is 7.32 Å². The van der Waals surface area contributed by atoms with E-state index in [1.54, 1.807) is 19.2 Å². The minimum atomic E-state index is -1.78. The Morgan fingerprint density at radius 1 is 1.31 bits per heavy atom. The van der Waals surface area contributed by atoms with E-state index in [2.05, 4.69) is 6.92 Å². The van der Waals surface area contributed by atoms with Gasteiger partial charge in [-0.25, -0.2) is 0 Å². The summed E-state index contributed by atoms with van der Waals surface area (Å²) in [4.78, 5) is 0. The lowest BCUT2D eigenvalue weighted by Gasteiger charge is -2.12.